The molecule has 2 amide bonds. The third kappa shape index (κ3) is 5.23. The van der Waals surface area contributed by atoms with E-state index in [1.807, 2.05) is 44.2 Å². The smallest absolute Gasteiger partial charge is 0.252 e. The standard InChI is InChI=1S/C21H27N3O3/c1-4-16(5-2)23-21(26)19(14-9-7-6-8-10-14)24-20(25)15-11-12-17(22)18(13-15)27-3/h6-13,16,19H,4-5,22H2,1-3H3,(H,23,26)(H,24,25). The highest BCUT2D eigenvalue weighted by Crippen LogP contribution is 2.23. The number of nitrogens with two attached hydrogens (primary N) is 1. The Morgan fingerprint density at radius 3 is 2.30 bits per heavy atom. The topological polar surface area (TPSA) is 93.5 Å². The molecule has 27 heavy (non-hydrogen) atoms. The number of hydrogen-bond donors (Lipinski definition) is 3. The molecule has 2 aromatic rings. The molecule has 2 aromatic carbocycles. The van der Waals surface area contributed by atoms with Crippen LogP contribution in [0.15, 0.2) is 48.5 Å². The molecule has 6 nitrogen and oxygen atoms in total. The maximum atomic E-state index is 12.8. The van der Waals surface area contributed by atoms with E-state index >= 15 is 0 Å². The van der Waals surface area contributed by atoms with Gasteiger partial charge in [-0.3, -0.25) is 9.59 Å². The second-order valence-corrected chi connectivity index (χ2v) is 6.30. The minimum absolute atomic E-state index is 0.0669. The van der Waals surface area contributed by atoms with E-state index in [1.165, 1.54) is 7.11 Å². The number of ether oxygens (including phenoxy) is 1. The van der Waals surface area contributed by atoms with E-state index in [4.69, 9.17) is 10.5 Å². The number of carbonyl (C=O) groups excluding carboxylic acids is 2. The van der Waals surface area contributed by atoms with Crippen LogP contribution in [0.5, 0.6) is 5.75 Å². The molecule has 144 valence electrons. The van der Waals surface area contributed by atoms with Crippen molar-refractivity contribution in [2.45, 2.75) is 38.8 Å². The molecule has 0 aliphatic rings. The fourth-order valence-electron chi connectivity index (χ4n) is 2.79. The first-order valence-electron chi connectivity index (χ1n) is 9.09. The number of nitrogen functional groups attached to an aromatic ring is 1. The Balaban J connectivity index is 2.26. The average Bonchev–Trinajstić information content (AvgIpc) is 2.70. The monoisotopic (exact) mass is 369 g/mol. The number of methoxy groups -OCH3 is 1. The van der Waals surface area contributed by atoms with E-state index in [-0.39, 0.29) is 17.9 Å². The quantitative estimate of drug-likeness (QED) is 0.624. The van der Waals surface area contributed by atoms with Crippen molar-refractivity contribution in [3.05, 3.63) is 59.7 Å². The van der Waals surface area contributed by atoms with Crippen LogP contribution in [0.25, 0.3) is 0 Å². The molecule has 0 heterocycles. The van der Waals surface area contributed by atoms with Gasteiger partial charge in [0.05, 0.1) is 12.8 Å². The molecular weight excluding hydrogens is 342 g/mol. The molecule has 0 fully saturated rings. The Morgan fingerprint density at radius 2 is 1.70 bits per heavy atom. The van der Waals surface area contributed by atoms with E-state index < -0.39 is 6.04 Å². The predicted molar refractivity (Wildman–Crippen MR) is 107 cm³/mol. The van der Waals surface area contributed by atoms with Crippen LogP contribution in [0.3, 0.4) is 0 Å². The summed E-state index contributed by atoms with van der Waals surface area (Å²) >= 11 is 0. The lowest BCUT2D eigenvalue weighted by Gasteiger charge is -2.22. The minimum Gasteiger partial charge on any atom is -0.495 e. The van der Waals surface area contributed by atoms with Gasteiger partial charge in [0.1, 0.15) is 11.8 Å². The maximum Gasteiger partial charge on any atom is 0.252 e. The van der Waals surface area contributed by atoms with Crippen molar-refractivity contribution in [3.63, 3.8) is 0 Å². The molecule has 0 aliphatic heterocycles. The SMILES string of the molecule is CCC(CC)NC(=O)C(NC(=O)c1ccc(N)c(OC)c1)c1ccccc1. The van der Waals surface area contributed by atoms with Crippen LogP contribution in [0.1, 0.15) is 48.7 Å². The summed E-state index contributed by atoms with van der Waals surface area (Å²) in [6.45, 7) is 4.04. The zero-order chi connectivity index (χ0) is 19.8. The zero-order valence-electron chi connectivity index (χ0n) is 16.0. The number of hydrogen-bond acceptors (Lipinski definition) is 4. The molecule has 1 atom stereocenters. The van der Waals surface area contributed by atoms with Gasteiger partial charge in [-0.15, -0.1) is 0 Å². The third-order valence-corrected chi connectivity index (χ3v) is 4.50. The van der Waals surface area contributed by atoms with Crippen LogP contribution < -0.4 is 21.1 Å². The van der Waals surface area contributed by atoms with Crippen LogP contribution >= 0.6 is 0 Å². The number of carbonyl (C=O) groups is 2. The number of amides is 2. The van der Waals surface area contributed by atoms with Crippen molar-refractivity contribution in [3.8, 4) is 5.75 Å². The van der Waals surface area contributed by atoms with Crippen LogP contribution in [0.2, 0.25) is 0 Å². The summed E-state index contributed by atoms with van der Waals surface area (Å²) in [6.07, 6.45) is 1.65. The van der Waals surface area contributed by atoms with Crippen LogP contribution in [-0.4, -0.2) is 25.0 Å². The second kappa shape index (κ2) is 9.62. The largest absolute Gasteiger partial charge is 0.495 e. The molecule has 0 spiro atoms. The molecular formula is C21H27N3O3. The summed E-state index contributed by atoms with van der Waals surface area (Å²) in [7, 11) is 1.49. The van der Waals surface area contributed by atoms with Gasteiger partial charge in [0.25, 0.3) is 5.91 Å². The Bertz CT molecular complexity index is 773. The number of rotatable bonds is 8. The van der Waals surface area contributed by atoms with Gasteiger partial charge in [-0.2, -0.15) is 0 Å². The van der Waals surface area contributed by atoms with Gasteiger partial charge in [-0.05, 0) is 36.6 Å². The zero-order valence-corrected chi connectivity index (χ0v) is 16.0. The molecule has 2 rings (SSSR count). The summed E-state index contributed by atoms with van der Waals surface area (Å²) in [5.41, 5.74) is 7.34. The van der Waals surface area contributed by atoms with Gasteiger partial charge >= 0.3 is 0 Å². The Morgan fingerprint density at radius 1 is 1.04 bits per heavy atom. The summed E-state index contributed by atoms with van der Waals surface area (Å²) in [4.78, 5) is 25.6. The summed E-state index contributed by atoms with van der Waals surface area (Å²) in [5.74, 6) is -0.187. The van der Waals surface area contributed by atoms with Crippen molar-refractivity contribution in [2.75, 3.05) is 12.8 Å². The van der Waals surface area contributed by atoms with Crippen LogP contribution in [0.4, 0.5) is 5.69 Å². The van der Waals surface area contributed by atoms with Crippen molar-refractivity contribution in [1.82, 2.24) is 10.6 Å². The van der Waals surface area contributed by atoms with Crippen LogP contribution in [0, 0.1) is 0 Å². The predicted octanol–water partition coefficient (Wildman–Crippen LogP) is 3.05. The summed E-state index contributed by atoms with van der Waals surface area (Å²) < 4.78 is 5.17. The van der Waals surface area contributed by atoms with E-state index in [0.717, 1.165) is 18.4 Å². The first-order valence-corrected chi connectivity index (χ1v) is 9.09. The van der Waals surface area contributed by atoms with Crippen LogP contribution in [-0.2, 0) is 4.79 Å². The lowest BCUT2D eigenvalue weighted by molar-refractivity contribution is -0.123. The van der Waals surface area contributed by atoms with Gasteiger partial charge < -0.3 is 21.1 Å². The van der Waals surface area contributed by atoms with E-state index in [9.17, 15) is 9.59 Å². The Hall–Kier alpha value is -3.02. The van der Waals surface area contributed by atoms with Crippen molar-refractivity contribution >= 4 is 17.5 Å². The van der Waals surface area contributed by atoms with Crippen molar-refractivity contribution in [1.29, 1.82) is 0 Å². The fourth-order valence-corrected chi connectivity index (χ4v) is 2.79. The van der Waals surface area contributed by atoms with Gasteiger partial charge in [-0.1, -0.05) is 44.2 Å². The highest BCUT2D eigenvalue weighted by Gasteiger charge is 2.25. The molecule has 0 saturated heterocycles. The lowest BCUT2D eigenvalue weighted by atomic mass is 10.0. The Labute approximate surface area is 160 Å². The maximum absolute atomic E-state index is 12.8. The van der Waals surface area contributed by atoms with Gasteiger partial charge in [0.15, 0.2) is 0 Å². The average molecular weight is 369 g/mol. The molecule has 4 N–H and O–H groups in total. The molecule has 0 bridgehead atoms. The van der Waals surface area contributed by atoms with E-state index in [1.54, 1.807) is 18.2 Å². The molecule has 1 unspecified atom stereocenters. The number of benzene rings is 2. The second-order valence-electron chi connectivity index (χ2n) is 6.30. The molecule has 0 saturated carbocycles. The highest BCUT2D eigenvalue weighted by molar-refractivity contribution is 5.98. The van der Waals surface area contributed by atoms with Gasteiger partial charge in [0, 0.05) is 11.6 Å². The first kappa shape index (κ1) is 20.3. The molecule has 0 radical (unpaired) electrons. The Kier molecular flexibility index (Phi) is 7.23. The highest BCUT2D eigenvalue weighted by atomic mass is 16.5. The number of anilines is 1. The van der Waals surface area contributed by atoms with Gasteiger partial charge in [0.2, 0.25) is 5.91 Å². The molecule has 0 aliphatic carbocycles. The summed E-state index contributed by atoms with van der Waals surface area (Å²) in [5, 5.41) is 5.83. The minimum atomic E-state index is -0.789. The number of nitrogens with one attached hydrogen (secondary N) is 2. The fraction of sp³-hybridized carbons (Fsp3) is 0.333. The van der Waals surface area contributed by atoms with Gasteiger partial charge in [-0.25, -0.2) is 0 Å². The lowest BCUT2D eigenvalue weighted by Crippen LogP contribution is -2.44. The third-order valence-electron chi connectivity index (χ3n) is 4.50. The molecule has 0 aromatic heterocycles. The first-order chi connectivity index (χ1) is 13.0. The normalized spacial score (nSPS) is 11.7. The molecule has 6 heteroatoms. The van der Waals surface area contributed by atoms with E-state index in [0.29, 0.717) is 17.0 Å². The van der Waals surface area contributed by atoms with E-state index in [2.05, 4.69) is 10.6 Å². The van der Waals surface area contributed by atoms with Crippen molar-refractivity contribution in [2.24, 2.45) is 0 Å². The summed E-state index contributed by atoms with van der Waals surface area (Å²) in [6, 6.07) is 13.2. The van der Waals surface area contributed by atoms with Crippen molar-refractivity contribution < 1.29 is 14.3 Å².